The third-order valence-corrected chi connectivity index (χ3v) is 2.92. The molecule has 2 rings (SSSR count). The van der Waals surface area contributed by atoms with Crippen molar-refractivity contribution >= 4 is 5.82 Å². The molecule has 1 aliphatic heterocycles. The first kappa shape index (κ1) is 12.3. The Labute approximate surface area is 102 Å². The van der Waals surface area contributed by atoms with Crippen molar-refractivity contribution in [1.82, 2.24) is 14.9 Å². The van der Waals surface area contributed by atoms with E-state index in [2.05, 4.69) is 27.1 Å². The standard InChI is InChI=1S/C12H20N4O/c1-2-11-9-12(15-10-14-11)13-3-4-16-5-7-17-8-6-16/h9-10H,2-8H2,1H3,(H,13,14,15). The maximum atomic E-state index is 5.31. The minimum Gasteiger partial charge on any atom is -0.379 e. The first-order chi connectivity index (χ1) is 8.38. The Morgan fingerprint density at radius 2 is 2.18 bits per heavy atom. The van der Waals surface area contributed by atoms with Gasteiger partial charge in [0.2, 0.25) is 0 Å². The van der Waals surface area contributed by atoms with Gasteiger partial charge in [0, 0.05) is 37.9 Å². The van der Waals surface area contributed by atoms with E-state index in [0.29, 0.717) is 0 Å². The molecule has 1 N–H and O–H groups in total. The summed E-state index contributed by atoms with van der Waals surface area (Å²) in [6, 6.07) is 2.01. The van der Waals surface area contributed by atoms with Crippen LogP contribution in [0.3, 0.4) is 0 Å². The molecule has 0 aromatic carbocycles. The summed E-state index contributed by atoms with van der Waals surface area (Å²) >= 11 is 0. The van der Waals surface area contributed by atoms with Crippen LogP contribution in [0.25, 0.3) is 0 Å². The Kier molecular flexibility index (Phi) is 4.70. The van der Waals surface area contributed by atoms with Crippen molar-refractivity contribution < 1.29 is 4.74 Å². The van der Waals surface area contributed by atoms with E-state index in [1.54, 1.807) is 6.33 Å². The van der Waals surface area contributed by atoms with Crippen LogP contribution in [0.4, 0.5) is 5.82 Å². The van der Waals surface area contributed by atoms with Crippen LogP contribution in [0.1, 0.15) is 12.6 Å². The highest BCUT2D eigenvalue weighted by Crippen LogP contribution is 2.04. The highest BCUT2D eigenvalue weighted by molar-refractivity contribution is 5.34. The summed E-state index contributed by atoms with van der Waals surface area (Å²) in [6.07, 6.45) is 2.57. The summed E-state index contributed by atoms with van der Waals surface area (Å²) in [5.74, 6) is 0.921. The molecule has 1 saturated heterocycles. The van der Waals surface area contributed by atoms with Gasteiger partial charge in [-0.15, -0.1) is 0 Å². The molecule has 0 atom stereocenters. The quantitative estimate of drug-likeness (QED) is 0.819. The molecule has 5 nitrogen and oxygen atoms in total. The van der Waals surface area contributed by atoms with Gasteiger partial charge in [-0.2, -0.15) is 0 Å². The Hall–Kier alpha value is -1.20. The third-order valence-electron chi connectivity index (χ3n) is 2.92. The number of aryl methyl sites for hydroxylation is 1. The first-order valence-electron chi connectivity index (χ1n) is 6.23. The SMILES string of the molecule is CCc1cc(NCCN2CCOCC2)ncn1. The number of hydrogen-bond donors (Lipinski definition) is 1. The van der Waals surface area contributed by atoms with Crippen molar-refractivity contribution in [3.05, 3.63) is 18.1 Å². The van der Waals surface area contributed by atoms with Gasteiger partial charge in [-0.25, -0.2) is 9.97 Å². The molecule has 17 heavy (non-hydrogen) atoms. The second-order valence-electron chi connectivity index (χ2n) is 4.13. The number of ether oxygens (including phenoxy) is 1. The van der Waals surface area contributed by atoms with Crippen LogP contribution in [0.5, 0.6) is 0 Å². The Morgan fingerprint density at radius 1 is 1.35 bits per heavy atom. The van der Waals surface area contributed by atoms with E-state index in [9.17, 15) is 0 Å². The molecule has 1 aromatic heterocycles. The summed E-state index contributed by atoms with van der Waals surface area (Å²) in [7, 11) is 0. The fourth-order valence-electron chi connectivity index (χ4n) is 1.85. The molecule has 0 saturated carbocycles. The molecule has 0 unspecified atom stereocenters. The molecular weight excluding hydrogens is 216 g/mol. The molecule has 0 spiro atoms. The third kappa shape index (κ3) is 3.94. The van der Waals surface area contributed by atoms with E-state index in [0.717, 1.165) is 57.3 Å². The fourth-order valence-corrected chi connectivity index (χ4v) is 1.85. The van der Waals surface area contributed by atoms with Crippen LogP contribution in [-0.2, 0) is 11.2 Å². The lowest BCUT2D eigenvalue weighted by molar-refractivity contribution is 0.0398. The zero-order valence-electron chi connectivity index (χ0n) is 10.4. The maximum Gasteiger partial charge on any atom is 0.129 e. The smallest absolute Gasteiger partial charge is 0.129 e. The Morgan fingerprint density at radius 3 is 2.94 bits per heavy atom. The second-order valence-corrected chi connectivity index (χ2v) is 4.13. The van der Waals surface area contributed by atoms with E-state index in [1.165, 1.54) is 0 Å². The molecular formula is C12H20N4O. The van der Waals surface area contributed by atoms with Gasteiger partial charge in [0.05, 0.1) is 13.2 Å². The fraction of sp³-hybridized carbons (Fsp3) is 0.667. The molecule has 0 bridgehead atoms. The number of aromatic nitrogens is 2. The van der Waals surface area contributed by atoms with Gasteiger partial charge in [0.1, 0.15) is 12.1 Å². The van der Waals surface area contributed by atoms with Crippen molar-refractivity contribution in [2.75, 3.05) is 44.7 Å². The molecule has 0 radical (unpaired) electrons. The predicted octanol–water partition coefficient (Wildman–Crippen LogP) is 0.783. The normalized spacial score (nSPS) is 17.0. The maximum absolute atomic E-state index is 5.31. The number of morpholine rings is 1. The van der Waals surface area contributed by atoms with Gasteiger partial charge in [-0.05, 0) is 6.42 Å². The van der Waals surface area contributed by atoms with Crippen LogP contribution < -0.4 is 5.32 Å². The monoisotopic (exact) mass is 236 g/mol. The minimum atomic E-state index is 0.855. The zero-order chi connectivity index (χ0) is 11.9. The lowest BCUT2D eigenvalue weighted by Crippen LogP contribution is -2.39. The van der Waals surface area contributed by atoms with Gasteiger partial charge < -0.3 is 10.1 Å². The highest BCUT2D eigenvalue weighted by atomic mass is 16.5. The van der Waals surface area contributed by atoms with Gasteiger partial charge >= 0.3 is 0 Å². The zero-order valence-corrected chi connectivity index (χ0v) is 10.4. The Bertz CT molecular complexity index is 339. The largest absolute Gasteiger partial charge is 0.379 e. The number of nitrogens with one attached hydrogen (secondary N) is 1. The van der Waals surface area contributed by atoms with Crippen molar-refractivity contribution in [1.29, 1.82) is 0 Å². The van der Waals surface area contributed by atoms with Crippen LogP contribution in [-0.4, -0.2) is 54.3 Å². The molecule has 0 aliphatic carbocycles. The highest BCUT2D eigenvalue weighted by Gasteiger charge is 2.09. The topological polar surface area (TPSA) is 50.3 Å². The average Bonchev–Trinajstić information content (AvgIpc) is 2.40. The summed E-state index contributed by atoms with van der Waals surface area (Å²) < 4.78 is 5.31. The first-order valence-corrected chi connectivity index (χ1v) is 6.23. The van der Waals surface area contributed by atoms with Crippen molar-refractivity contribution in [3.63, 3.8) is 0 Å². The van der Waals surface area contributed by atoms with Crippen LogP contribution >= 0.6 is 0 Å². The minimum absolute atomic E-state index is 0.855. The van der Waals surface area contributed by atoms with Crippen molar-refractivity contribution in [3.8, 4) is 0 Å². The van der Waals surface area contributed by atoms with Gasteiger partial charge in [0.15, 0.2) is 0 Å². The Balaban J connectivity index is 1.73. The number of rotatable bonds is 5. The number of nitrogens with zero attached hydrogens (tertiary/aromatic N) is 3. The molecule has 1 fully saturated rings. The van der Waals surface area contributed by atoms with Crippen LogP contribution in [0, 0.1) is 0 Å². The van der Waals surface area contributed by atoms with E-state index < -0.39 is 0 Å². The summed E-state index contributed by atoms with van der Waals surface area (Å²) in [5, 5.41) is 3.33. The second kappa shape index (κ2) is 6.51. The summed E-state index contributed by atoms with van der Waals surface area (Å²) in [5.41, 5.74) is 1.08. The predicted molar refractivity (Wildman–Crippen MR) is 67.2 cm³/mol. The number of anilines is 1. The van der Waals surface area contributed by atoms with Crippen LogP contribution in [0.2, 0.25) is 0 Å². The van der Waals surface area contributed by atoms with E-state index >= 15 is 0 Å². The van der Waals surface area contributed by atoms with Gasteiger partial charge in [0.25, 0.3) is 0 Å². The van der Waals surface area contributed by atoms with E-state index in [4.69, 9.17) is 4.74 Å². The molecule has 94 valence electrons. The lowest BCUT2D eigenvalue weighted by Gasteiger charge is -2.26. The molecule has 5 heteroatoms. The van der Waals surface area contributed by atoms with E-state index in [1.807, 2.05) is 6.07 Å². The van der Waals surface area contributed by atoms with E-state index in [-0.39, 0.29) is 0 Å². The van der Waals surface area contributed by atoms with Crippen molar-refractivity contribution in [2.24, 2.45) is 0 Å². The van der Waals surface area contributed by atoms with Gasteiger partial charge in [-0.1, -0.05) is 6.92 Å². The lowest BCUT2D eigenvalue weighted by atomic mass is 10.3. The molecule has 0 amide bonds. The summed E-state index contributed by atoms with van der Waals surface area (Å²) in [4.78, 5) is 10.8. The number of hydrogen-bond acceptors (Lipinski definition) is 5. The van der Waals surface area contributed by atoms with Gasteiger partial charge in [-0.3, -0.25) is 4.90 Å². The van der Waals surface area contributed by atoms with Crippen LogP contribution in [0.15, 0.2) is 12.4 Å². The molecule has 1 aromatic rings. The average molecular weight is 236 g/mol. The molecule has 1 aliphatic rings. The summed E-state index contributed by atoms with van der Waals surface area (Å²) in [6.45, 7) is 7.83. The molecule has 2 heterocycles. The van der Waals surface area contributed by atoms with Crippen molar-refractivity contribution in [2.45, 2.75) is 13.3 Å².